The van der Waals surface area contributed by atoms with E-state index in [-0.39, 0.29) is 11.7 Å². The van der Waals surface area contributed by atoms with Crippen LogP contribution in [0.25, 0.3) is 22.1 Å². The number of rotatable bonds is 4. The van der Waals surface area contributed by atoms with Gasteiger partial charge < -0.3 is 20.0 Å². The molecule has 0 atom stereocenters. The van der Waals surface area contributed by atoms with Crippen LogP contribution in [0.1, 0.15) is 12.6 Å². The summed E-state index contributed by atoms with van der Waals surface area (Å²) in [6.45, 7) is 2.96. The first-order valence-electron chi connectivity index (χ1n) is 9.07. The molecule has 5 rings (SSSR count). The summed E-state index contributed by atoms with van der Waals surface area (Å²) in [5.41, 5.74) is 1.58. The number of aromatic nitrogens is 6. The van der Waals surface area contributed by atoms with Gasteiger partial charge >= 0.3 is 0 Å². The molecule has 3 N–H and O–H groups in total. The maximum absolute atomic E-state index is 12.3. The highest BCUT2D eigenvalue weighted by Gasteiger charge is 2.30. The first-order chi connectivity index (χ1) is 14.0. The fraction of sp³-hybridized carbons (Fsp3) is 0.278. The van der Waals surface area contributed by atoms with Crippen LogP contribution in [-0.4, -0.2) is 54.2 Å². The van der Waals surface area contributed by atoms with Crippen molar-refractivity contribution in [2.75, 3.05) is 18.0 Å². The number of nitrogens with one attached hydrogen (secondary N) is 2. The molecule has 0 saturated carbocycles. The van der Waals surface area contributed by atoms with Gasteiger partial charge in [-0.25, -0.2) is 19.9 Å². The second-order valence-electron chi connectivity index (χ2n) is 6.73. The molecule has 1 saturated heterocycles. The average molecular weight is 430 g/mol. The molecule has 0 spiro atoms. The minimum atomic E-state index is -0.385. The van der Waals surface area contributed by atoms with E-state index in [0.29, 0.717) is 50.9 Å². The molecule has 1 aliphatic rings. The van der Waals surface area contributed by atoms with Crippen LogP contribution in [0.5, 0.6) is 0 Å². The monoisotopic (exact) mass is 429 g/mol. The number of nitrogens with zero attached hydrogens (tertiary/aromatic N) is 5. The lowest BCUT2D eigenvalue weighted by atomic mass is 10.1. The molecule has 0 radical (unpaired) electrons. The van der Waals surface area contributed by atoms with Crippen LogP contribution in [0.15, 0.2) is 33.4 Å². The standard InChI is InChI=1S/C18H16ClN7O2S/c1-2-10-12(19)11-14(21-10)23-17(24-15(11)26-6-8(27)7-26)29-18-22-13-9(16(28)25-18)4-3-5-20-13/h3-5,8,27H,2,6-7H2,1H3,(H,21,23,24)(H,20,22,25,28). The van der Waals surface area contributed by atoms with Gasteiger partial charge in [-0.3, -0.25) is 4.79 Å². The summed E-state index contributed by atoms with van der Waals surface area (Å²) in [6, 6.07) is 3.36. The molecule has 1 aliphatic heterocycles. The van der Waals surface area contributed by atoms with Gasteiger partial charge in [0, 0.05) is 25.0 Å². The Labute approximate surface area is 173 Å². The van der Waals surface area contributed by atoms with E-state index in [1.807, 2.05) is 11.8 Å². The molecule has 0 amide bonds. The number of aliphatic hydroxyl groups excluding tert-OH is 1. The smallest absolute Gasteiger partial charge is 0.261 e. The molecule has 4 aromatic heterocycles. The highest BCUT2D eigenvalue weighted by Crippen LogP contribution is 2.37. The van der Waals surface area contributed by atoms with E-state index in [1.54, 1.807) is 18.3 Å². The van der Waals surface area contributed by atoms with Gasteiger partial charge in [-0.15, -0.1) is 0 Å². The number of aromatic amines is 2. The quantitative estimate of drug-likeness (QED) is 0.421. The number of H-pyrrole nitrogens is 2. The lowest BCUT2D eigenvalue weighted by Crippen LogP contribution is -2.51. The predicted octanol–water partition coefficient (Wildman–Crippen LogP) is 2.14. The Morgan fingerprint density at radius 2 is 2.14 bits per heavy atom. The molecule has 11 heteroatoms. The van der Waals surface area contributed by atoms with Crippen molar-refractivity contribution >= 4 is 51.2 Å². The molecule has 1 fully saturated rings. The van der Waals surface area contributed by atoms with Gasteiger partial charge in [0.05, 0.1) is 21.9 Å². The van der Waals surface area contributed by atoms with E-state index in [2.05, 4.69) is 29.9 Å². The second kappa shape index (κ2) is 6.97. The molecule has 5 heterocycles. The Bertz CT molecular complexity index is 1300. The van der Waals surface area contributed by atoms with Crippen molar-refractivity contribution < 1.29 is 5.11 Å². The van der Waals surface area contributed by atoms with Gasteiger partial charge in [0.15, 0.2) is 16.0 Å². The number of β-amino-alcohol motifs (C(OH)–C–C–N with tert-alkyl or cyclic N) is 1. The normalized spacial score (nSPS) is 14.7. The Hall–Kier alpha value is -2.69. The number of anilines is 1. The Morgan fingerprint density at radius 3 is 2.90 bits per heavy atom. The maximum Gasteiger partial charge on any atom is 0.261 e. The molecule has 148 valence electrons. The Morgan fingerprint density at radius 1 is 1.31 bits per heavy atom. The Balaban J connectivity index is 1.61. The molecular formula is C18H16ClN7O2S. The average Bonchev–Trinajstić information content (AvgIpc) is 3.01. The van der Waals surface area contributed by atoms with Gasteiger partial charge in [-0.05, 0) is 30.3 Å². The number of fused-ring (bicyclic) bond motifs is 2. The summed E-state index contributed by atoms with van der Waals surface area (Å²) in [4.78, 5) is 38.0. The van der Waals surface area contributed by atoms with Gasteiger partial charge in [-0.2, -0.15) is 0 Å². The largest absolute Gasteiger partial charge is 0.389 e. The molecule has 0 aliphatic carbocycles. The van der Waals surface area contributed by atoms with E-state index in [1.165, 1.54) is 0 Å². The SMILES string of the molecule is CCc1[nH]c2nc(Sc3nc4ncccc4c(=O)[nH]3)nc(N3CC(O)C3)c2c1Cl. The molecule has 0 bridgehead atoms. The fourth-order valence-corrected chi connectivity index (χ4v) is 4.38. The van der Waals surface area contributed by atoms with E-state index in [9.17, 15) is 9.90 Å². The topological polar surface area (TPSA) is 124 Å². The molecule has 4 aromatic rings. The summed E-state index contributed by atoms with van der Waals surface area (Å²) in [5, 5.41) is 12.2. The van der Waals surface area contributed by atoms with Crippen molar-refractivity contribution in [2.24, 2.45) is 0 Å². The second-order valence-corrected chi connectivity index (χ2v) is 8.06. The van der Waals surface area contributed by atoms with Crippen molar-refractivity contribution in [3.05, 3.63) is 39.4 Å². The first kappa shape index (κ1) is 18.3. The third-order valence-electron chi connectivity index (χ3n) is 4.79. The molecular weight excluding hydrogens is 414 g/mol. The molecule has 0 unspecified atom stereocenters. The van der Waals surface area contributed by atoms with Crippen molar-refractivity contribution in [3.8, 4) is 0 Å². The Kier molecular flexibility index (Phi) is 4.41. The van der Waals surface area contributed by atoms with Gasteiger partial charge in [-0.1, -0.05) is 18.5 Å². The summed E-state index contributed by atoms with van der Waals surface area (Å²) in [6.07, 6.45) is 1.93. The number of hydrogen-bond acceptors (Lipinski definition) is 8. The van der Waals surface area contributed by atoms with Crippen LogP contribution in [0.2, 0.25) is 5.02 Å². The maximum atomic E-state index is 12.3. The third kappa shape index (κ3) is 3.13. The minimum Gasteiger partial charge on any atom is -0.389 e. The number of aliphatic hydroxyl groups is 1. The lowest BCUT2D eigenvalue weighted by Gasteiger charge is -2.37. The van der Waals surface area contributed by atoms with E-state index < -0.39 is 0 Å². The van der Waals surface area contributed by atoms with Gasteiger partial charge in [0.1, 0.15) is 11.5 Å². The van der Waals surface area contributed by atoms with Crippen LogP contribution in [0, 0.1) is 0 Å². The minimum absolute atomic E-state index is 0.269. The van der Waals surface area contributed by atoms with Crippen molar-refractivity contribution in [2.45, 2.75) is 29.8 Å². The number of pyridine rings is 1. The summed E-state index contributed by atoms with van der Waals surface area (Å²) in [5.74, 6) is 0.657. The van der Waals surface area contributed by atoms with E-state index in [4.69, 9.17) is 11.6 Å². The van der Waals surface area contributed by atoms with E-state index >= 15 is 0 Å². The zero-order valence-electron chi connectivity index (χ0n) is 15.3. The summed E-state index contributed by atoms with van der Waals surface area (Å²) >= 11 is 7.69. The van der Waals surface area contributed by atoms with Crippen LogP contribution >= 0.6 is 23.4 Å². The number of aryl methyl sites for hydroxylation is 1. The van der Waals surface area contributed by atoms with Gasteiger partial charge in [0.2, 0.25) is 0 Å². The lowest BCUT2D eigenvalue weighted by molar-refractivity contribution is 0.141. The van der Waals surface area contributed by atoms with Crippen LogP contribution in [0.4, 0.5) is 5.82 Å². The van der Waals surface area contributed by atoms with Crippen LogP contribution in [-0.2, 0) is 6.42 Å². The molecule has 0 aromatic carbocycles. The first-order valence-corrected chi connectivity index (χ1v) is 10.3. The van der Waals surface area contributed by atoms with Crippen molar-refractivity contribution in [1.82, 2.24) is 29.9 Å². The fourth-order valence-electron chi connectivity index (χ4n) is 3.30. The van der Waals surface area contributed by atoms with E-state index in [0.717, 1.165) is 29.3 Å². The zero-order valence-corrected chi connectivity index (χ0v) is 16.9. The van der Waals surface area contributed by atoms with Crippen LogP contribution in [0.3, 0.4) is 0 Å². The summed E-state index contributed by atoms with van der Waals surface area (Å²) in [7, 11) is 0. The van der Waals surface area contributed by atoms with Crippen molar-refractivity contribution in [1.29, 1.82) is 0 Å². The predicted molar refractivity (Wildman–Crippen MR) is 111 cm³/mol. The molecule has 29 heavy (non-hydrogen) atoms. The number of halogens is 1. The zero-order chi connectivity index (χ0) is 20.1. The van der Waals surface area contributed by atoms with Gasteiger partial charge in [0.25, 0.3) is 5.56 Å². The highest BCUT2D eigenvalue weighted by atomic mass is 35.5. The highest BCUT2D eigenvalue weighted by molar-refractivity contribution is 7.99. The number of hydrogen-bond donors (Lipinski definition) is 3. The third-order valence-corrected chi connectivity index (χ3v) is 5.95. The van der Waals surface area contributed by atoms with Crippen molar-refractivity contribution in [3.63, 3.8) is 0 Å². The molecule has 9 nitrogen and oxygen atoms in total. The summed E-state index contributed by atoms with van der Waals surface area (Å²) < 4.78 is 0. The van der Waals surface area contributed by atoms with Crippen LogP contribution < -0.4 is 10.5 Å².